The Morgan fingerprint density at radius 1 is 0.759 bits per heavy atom. The van der Waals surface area contributed by atoms with E-state index in [9.17, 15) is 9.59 Å². The molecule has 29 heavy (non-hydrogen) atoms. The van der Waals surface area contributed by atoms with Crippen molar-refractivity contribution in [3.05, 3.63) is 59.4 Å². The Balaban J connectivity index is 1.40. The van der Waals surface area contributed by atoms with E-state index < -0.39 is 0 Å². The van der Waals surface area contributed by atoms with Crippen LogP contribution in [0.3, 0.4) is 0 Å². The number of likely N-dealkylation sites (tertiary alicyclic amines) is 1. The van der Waals surface area contributed by atoms with Gasteiger partial charge in [0.15, 0.2) is 0 Å². The number of rotatable bonds is 3. The molecule has 1 aromatic carbocycles. The molecule has 0 aliphatic carbocycles. The van der Waals surface area contributed by atoms with Crippen molar-refractivity contribution in [2.75, 3.05) is 44.2 Å². The summed E-state index contributed by atoms with van der Waals surface area (Å²) in [6.07, 6.45) is 3.25. The second kappa shape index (κ2) is 8.64. The molecule has 152 valence electrons. The Morgan fingerprint density at radius 2 is 1.34 bits per heavy atom. The van der Waals surface area contributed by atoms with Crippen LogP contribution in [0.5, 0.6) is 0 Å². The zero-order chi connectivity index (χ0) is 20.2. The lowest BCUT2D eigenvalue weighted by atomic mass is 10.1. The van der Waals surface area contributed by atoms with Gasteiger partial charge in [-0.2, -0.15) is 0 Å². The third-order valence-corrected chi connectivity index (χ3v) is 5.76. The molecule has 2 amide bonds. The highest BCUT2D eigenvalue weighted by atomic mass is 16.2. The van der Waals surface area contributed by atoms with Crippen LogP contribution in [-0.4, -0.2) is 65.9 Å². The number of benzene rings is 1. The molecular formula is C23H28N4O2. The molecule has 2 aromatic rings. The van der Waals surface area contributed by atoms with Gasteiger partial charge in [-0.1, -0.05) is 18.2 Å². The molecule has 0 radical (unpaired) electrons. The Bertz CT molecular complexity index is 884. The SMILES string of the molecule is Cc1cccc(N2CCN(C(=O)c3cccc(C(=O)N4CCCCC4)n3)CC2)c1. The highest BCUT2D eigenvalue weighted by Crippen LogP contribution is 2.19. The van der Waals surface area contributed by atoms with Crippen LogP contribution in [0.2, 0.25) is 0 Å². The van der Waals surface area contributed by atoms with Crippen LogP contribution in [0.15, 0.2) is 42.5 Å². The van der Waals surface area contributed by atoms with Crippen LogP contribution in [-0.2, 0) is 0 Å². The Hall–Kier alpha value is -2.89. The van der Waals surface area contributed by atoms with E-state index in [1.54, 1.807) is 18.2 Å². The van der Waals surface area contributed by atoms with E-state index in [0.717, 1.165) is 39.0 Å². The first kappa shape index (κ1) is 19.4. The summed E-state index contributed by atoms with van der Waals surface area (Å²) in [6.45, 7) is 6.53. The fraction of sp³-hybridized carbons (Fsp3) is 0.435. The summed E-state index contributed by atoms with van der Waals surface area (Å²) in [5, 5.41) is 0. The molecule has 6 nitrogen and oxygen atoms in total. The van der Waals surface area contributed by atoms with Crippen LogP contribution in [0.25, 0.3) is 0 Å². The minimum absolute atomic E-state index is 0.0661. The molecule has 3 heterocycles. The standard InChI is InChI=1S/C23H28N4O2/c1-18-7-5-8-19(17-18)25-13-15-27(16-14-25)23(29)21-10-6-9-20(24-21)22(28)26-11-3-2-4-12-26/h5-10,17H,2-4,11-16H2,1H3. The highest BCUT2D eigenvalue weighted by Gasteiger charge is 2.25. The number of carbonyl (C=O) groups excluding carboxylic acids is 2. The highest BCUT2D eigenvalue weighted by molar-refractivity contribution is 5.96. The Kier molecular flexibility index (Phi) is 5.79. The maximum atomic E-state index is 13.0. The first-order valence-corrected chi connectivity index (χ1v) is 10.5. The molecule has 1 aromatic heterocycles. The molecule has 2 aliphatic rings. The predicted molar refractivity (Wildman–Crippen MR) is 113 cm³/mol. The maximum absolute atomic E-state index is 13.0. The lowest BCUT2D eigenvalue weighted by Crippen LogP contribution is -2.49. The summed E-state index contributed by atoms with van der Waals surface area (Å²) in [5.41, 5.74) is 3.16. The molecule has 0 N–H and O–H groups in total. The lowest BCUT2D eigenvalue weighted by molar-refractivity contribution is 0.0716. The number of piperidine rings is 1. The topological polar surface area (TPSA) is 56.8 Å². The van der Waals surface area contributed by atoms with Crippen molar-refractivity contribution in [2.45, 2.75) is 26.2 Å². The van der Waals surface area contributed by atoms with Crippen molar-refractivity contribution in [1.82, 2.24) is 14.8 Å². The second-order valence-corrected chi connectivity index (χ2v) is 7.88. The number of carbonyl (C=O) groups is 2. The van der Waals surface area contributed by atoms with Crippen molar-refractivity contribution in [2.24, 2.45) is 0 Å². The van der Waals surface area contributed by atoms with Gasteiger partial charge in [0.05, 0.1) is 0 Å². The number of anilines is 1. The van der Waals surface area contributed by atoms with E-state index in [0.29, 0.717) is 24.5 Å². The molecule has 2 fully saturated rings. The average Bonchev–Trinajstić information content (AvgIpc) is 2.79. The molecule has 4 rings (SSSR count). The number of hydrogen-bond donors (Lipinski definition) is 0. The number of pyridine rings is 1. The van der Waals surface area contributed by atoms with Gasteiger partial charge in [0, 0.05) is 45.0 Å². The van der Waals surface area contributed by atoms with Gasteiger partial charge in [-0.3, -0.25) is 9.59 Å². The van der Waals surface area contributed by atoms with Crippen molar-refractivity contribution in [1.29, 1.82) is 0 Å². The van der Waals surface area contributed by atoms with Gasteiger partial charge in [0.25, 0.3) is 11.8 Å². The smallest absolute Gasteiger partial charge is 0.272 e. The minimum Gasteiger partial charge on any atom is -0.368 e. The Morgan fingerprint density at radius 3 is 1.97 bits per heavy atom. The van der Waals surface area contributed by atoms with E-state index in [1.165, 1.54) is 17.7 Å². The summed E-state index contributed by atoms with van der Waals surface area (Å²) < 4.78 is 0. The van der Waals surface area contributed by atoms with Gasteiger partial charge >= 0.3 is 0 Å². The van der Waals surface area contributed by atoms with Crippen molar-refractivity contribution >= 4 is 17.5 Å². The molecule has 2 aliphatic heterocycles. The largest absolute Gasteiger partial charge is 0.368 e. The zero-order valence-corrected chi connectivity index (χ0v) is 17.0. The van der Waals surface area contributed by atoms with E-state index in [-0.39, 0.29) is 11.8 Å². The van der Waals surface area contributed by atoms with Gasteiger partial charge in [0.2, 0.25) is 0 Å². The quantitative estimate of drug-likeness (QED) is 0.806. The summed E-state index contributed by atoms with van der Waals surface area (Å²) in [7, 11) is 0. The minimum atomic E-state index is -0.0952. The van der Waals surface area contributed by atoms with Crippen LogP contribution in [0.4, 0.5) is 5.69 Å². The number of aryl methyl sites for hydroxylation is 1. The lowest BCUT2D eigenvalue weighted by Gasteiger charge is -2.36. The number of amides is 2. The fourth-order valence-corrected chi connectivity index (χ4v) is 4.09. The maximum Gasteiger partial charge on any atom is 0.272 e. The van der Waals surface area contributed by atoms with Gasteiger partial charge < -0.3 is 14.7 Å². The number of hydrogen-bond acceptors (Lipinski definition) is 4. The molecular weight excluding hydrogens is 364 g/mol. The number of aromatic nitrogens is 1. The predicted octanol–water partition coefficient (Wildman–Crippen LogP) is 2.98. The molecule has 0 atom stereocenters. The van der Waals surface area contributed by atoms with Crippen LogP contribution in [0, 0.1) is 6.92 Å². The van der Waals surface area contributed by atoms with Gasteiger partial charge in [-0.25, -0.2) is 4.98 Å². The van der Waals surface area contributed by atoms with E-state index in [4.69, 9.17) is 0 Å². The molecule has 0 unspecified atom stereocenters. The monoisotopic (exact) mass is 392 g/mol. The van der Waals surface area contributed by atoms with Crippen LogP contribution in [0.1, 0.15) is 45.8 Å². The first-order valence-electron chi connectivity index (χ1n) is 10.5. The van der Waals surface area contributed by atoms with Crippen molar-refractivity contribution in [3.8, 4) is 0 Å². The molecule has 6 heteroatoms. The summed E-state index contributed by atoms with van der Waals surface area (Å²) >= 11 is 0. The fourth-order valence-electron chi connectivity index (χ4n) is 4.09. The summed E-state index contributed by atoms with van der Waals surface area (Å²) in [6, 6.07) is 13.6. The third kappa shape index (κ3) is 4.42. The van der Waals surface area contributed by atoms with Crippen LogP contribution < -0.4 is 4.90 Å². The van der Waals surface area contributed by atoms with Crippen molar-refractivity contribution < 1.29 is 9.59 Å². The second-order valence-electron chi connectivity index (χ2n) is 7.88. The van der Waals surface area contributed by atoms with Gasteiger partial charge in [-0.15, -0.1) is 0 Å². The van der Waals surface area contributed by atoms with Gasteiger partial charge in [-0.05, 0) is 56.0 Å². The molecule has 0 saturated carbocycles. The molecule has 0 bridgehead atoms. The average molecular weight is 393 g/mol. The van der Waals surface area contributed by atoms with E-state index in [1.807, 2.05) is 9.80 Å². The molecule has 2 saturated heterocycles. The van der Waals surface area contributed by atoms with E-state index in [2.05, 4.69) is 41.1 Å². The first-order chi connectivity index (χ1) is 14.1. The van der Waals surface area contributed by atoms with E-state index >= 15 is 0 Å². The third-order valence-electron chi connectivity index (χ3n) is 5.76. The zero-order valence-electron chi connectivity index (χ0n) is 17.0. The van der Waals surface area contributed by atoms with Crippen molar-refractivity contribution in [3.63, 3.8) is 0 Å². The number of piperazine rings is 1. The number of nitrogens with zero attached hydrogens (tertiary/aromatic N) is 4. The van der Waals surface area contributed by atoms with Crippen LogP contribution >= 0.6 is 0 Å². The Labute approximate surface area is 172 Å². The summed E-state index contributed by atoms with van der Waals surface area (Å²) in [5.74, 6) is -0.161. The van der Waals surface area contributed by atoms with Gasteiger partial charge in [0.1, 0.15) is 11.4 Å². The summed E-state index contributed by atoms with van der Waals surface area (Å²) in [4.78, 5) is 36.1. The normalized spacial score (nSPS) is 17.3. The molecule has 0 spiro atoms.